The second kappa shape index (κ2) is 15.9. The van der Waals surface area contributed by atoms with Gasteiger partial charge in [-0.1, -0.05) is 24.3 Å². The molecular formula is C34H48F3N3O9S2. The predicted octanol–water partition coefficient (Wildman–Crippen LogP) is 6.04. The Labute approximate surface area is 299 Å². The van der Waals surface area contributed by atoms with E-state index in [1.54, 1.807) is 63.1 Å². The molecule has 51 heavy (non-hydrogen) atoms. The van der Waals surface area contributed by atoms with Crippen LogP contribution in [0, 0.1) is 0 Å². The third kappa shape index (κ3) is 10.1. The number of alkyl halides is 3. The average Bonchev–Trinajstić information content (AvgIpc) is 3.36. The number of carbonyl (C=O) groups excluding carboxylic acids is 1. The van der Waals surface area contributed by atoms with Gasteiger partial charge < -0.3 is 18.4 Å². The number of ether oxygens (including phenoxy) is 3. The van der Waals surface area contributed by atoms with Crippen LogP contribution >= 0.6 is 0 Å². The van der Waals surface area contributed by atoms with Gasteiger partial charge in [0.05, 0.1) is 31.9 Å². The van der Waals surface area contributed by atoms with E-state index in [1.165, 1.54) is 30.5 Å². The molecule has 1 aliphatic carbocycles. The number of methoxy groups -OCH3 is 1. The Morgan fingerprint density at radius 2 is 1.57 bits per heavy atom. The number of amides is 1. The number of likely N-dealkylation sites (tertiary alicyclic amines) is 1. The van der Waals surface area contributed by atoms with Crippen molar-refractivity contribution in [2.45, 2.75) is 108 Å². The third-order valence-electron chi connectivity index (χ3n) is 9.08. The summed E-state index contributed by atoms with van der Waals surface area (Å²) >= 11 is 0. The third-order valence-corrected chi connectivity index (χ3v) is 12.0. The first kappa shape index (κ1) is 40.6. The molecule has 2 aliphatic rings. The lowest BCUT2D eigenvalue weighted by Gasteiger charge is -2.38. The van der Waals surface area contributed by atoms with E-state index in [0.29, 0.717) is 43.4 Å². The lowest BCUT2D eigenvalue weighted by Crippen LogP contribution is -2.54. The van der Waals surface area contributed by atoms with Gasteiger partial charge >= 0.3 is 21.7 Å². The van der Waals surface area contributed by atoms with Crippen LogP contribution in [0.4, 0.5) is 18.0 Å². The van der Waals surface area contributed by atoms with E-state index in [4.69, 9.17) is 14.2 Å². The highest BCUT2D eigenvalue weighted by Crippen LogP contribution is 2.38. The maximum absolute atomic E-state index is 13.9. The first-order valence-corrected chi connectivity index (χ1v) is 19.5. The molecule has 1 aliphatic heterocycles. The Morgan fingerprint density at radius 3 is 2.12 bits per heavy atom. The van der Waals surface area contributed by atoms with E-state index >= 15 is 0 Å². The van der Waals surface area contributed by atoms with Gasteiger partial charge in [-0.2, -0.15) is 38.6 Å². The molecule has 0 bridgehead atoms. The highest BCUT2D eigenvalue weighted by atomic mass is 32.2. The molecule has 2 aromatic carbocycles. The van der Waals surface area contributed by atoms with Gasteiger partial charge in [-0.25, -0.2) is 4.79 Å². The molecule has 1 saturated heterocycles. The van der Waals surface area contributed by atoms with Gasteiger partial charge in [0.1, 0.15) is 17.1 Å². The molecule has 3 atom stereocenters. The van der Waals surface area contributed by atoms with Crippen molar-refractivity contribution in [3.63, 3.8) is 0 Å². The van der Waals surface area contributed by atoms with E-state index in [0.717, 1.165) is 15.9 Å². The van der Waals surface area contributed by atoms with Crippen LogP contribution in [0.15, 0.2) is 48.5 Å². The van der Waals surface area contributed by atoms with Crippen LogP contribution in [-0.4, -0.2) is 99.6 Å². The Hall–Kier alpha value is -3.12. The van der Waals surface area contributed by atoms with Crippen LogP contribution < -0.4 is 8.92 Å². The summed E-state index contributed by atoms with van der Waals surface area (Å²) < 4.78 is 114. The summed E-state index contributed by atoms with van der Waals surface area (Å²) in [5.41, 5.74) is -4.96. The van der Waals surface area contributed by atoms with Crippen LogP contribution in [0.1, 0.15) is 76.8 Å². The van der Waals surface area contributed by atoms with Crippen molar-refractivity contribution in [2.75, 3.05) is 27.8 Å². The van der Waals surface area contributed by atoms with Gasteiger partial charge in [-0.05, 0) is 101 Å². The molecule has 2 aromatic rings. The van der Waals surface area contributed by atoms with E-state index in [-0.39, 0.29) is 31.2 Å². The average molecular weight is 764 g/mol. The quantitative estimate of drug-likeness (QED) is 0.188. The Kier molecular flexibility index (Phi) is 12.6. The molecule has 4 rings (SSSR count). The Balaban J connectivity index is 1.54. The van der Waals surface area contributed by atoms with Crippen molar-refractivity contribution in [1.29, 1.82) is 0 Å². The molecule has 2 fully saturated rings. The van der Waals surface area contributed by atoms with E-state index in [1.807, 2.05) is 6.92 Å². The summed E-state index contributed by atoms with van der Waals surface area (Å²) in [6.45, 7) is 7.21. The maximum atomic E-state index is 13.9. The predicted molar refractivity (Wildman–Crippen MR) is 184 cm³/mol. The molecule has 286 valence electrons. The first-order valence-electron chi connectivity index (χ1n) is 16.7. The zero-order chi connectivity index (χ0) is 37.9. The van der Waals surface area contributed by atoms with Gasteiger partial charge in [0.15, 0.2) is 0 Å². The normalized spacial score (nSPS) is 23.5. The summed E-state index contributed by atoms with van der Waals surface area (Å²) in [5.74, 6) is 0.131. The molecule has 1 heterocycles. The van der Waals surface area contributed by atoms with Gasteiger partial charge in [-0.3, -0.25) is 4.90 Å². The smallest absolute Gasteiger partial charge is 0.497 e. The zero-order valence-electron chi connectivity index (χ0n) is 29.9. The minimum Gasteiger partial charge on any atom is -0.497 e. The van der Waals surface area contributed by atoms with Gasteiger partial charge in [0.25, 0.3) is 10.2 Å². The lowest BCUT2D eigenvalue weighted by atomic mass is 9.82. The molecule has 1 saturated carbocycles. The molecule has 17 heteroatoms. The standard InChI is InChI=1S/C34H48F3N3O9S2/c1-23-19-30(39(51(44,45)38(5)6)21-24-11-15-27(46-7)16-12-24)31(40(23)32(41)48-33(2,3)4)22-47-28-17-13-25(14-18-28)26-9-8-10-29(20-26)49-50(42,43)34(35,36)37/h8-12,15-16,20,23,25,28,30-31H,13-14,17-19,21-22H2,1-7H3/t23-,25?,28?,30+,31?/m1/s1. The molecular weight excluding hydrogens is 716 g/mol. The highest BCUT2D eigenvalue weighted by Gasteiger charge is 2.50. The van der Waals surface area contributed by atoms with Crippen molar-refractivity contribution >= 4 is 26.4 Å². The number of halogens is 3. The Bertz CT molecular complexity index is 1710. The summed E-state index contributed by atoms with van der Waals surface area (Å²) in [6, 6.07) is 11.0. The van der Waals surface area contributed by atoms with E-state index in [2.05, 4.69) is 4.18 Å². The number of hydrogen-bond acceptors (Lipinski definition) is 9. The SMILES string of the molecule is COc1ccc(CN([C@H]2C[C@@H](C)N(C(=O)OC(C)(C)C)C2COC2CCC(c3cccc(OS(=O)(=O)C(F)(F)F)c3)CC2)S(=O)(=O)N(C)C)cc1. The van der Waals surface area contributed by atoms with Crippen molar-refractivity contribution in [1.82, 2.24) is 13.5 Å². The fourth-order valence-corrected chi connectivity index (χ4v) is 8.30. The number of benzene rings is 2. The van der Waals surface area contributed by atoms with Crippen LogP contribution in [0.3, 0.4) is 0 Å². The number of carbonyl (C=O) groups is 1. The number of nitrogens with zero attached hydrogens (tertiary/aromatic N) is 3. The van der Waals surface area contributed by atoms with Crippen LogP contribution in [0.5, 0.6) is 11.5 Å². The lowest BCUT2D eigenvalue weighted by molar-refractivity contribution is -0.0500. The fourth-order valence-electron chi connectivity index (χ4n) is 6.55. The Morgan fingerprint density at radius 1 is 0.941 bits per heavy atom. The fraction of sp³-hybridized carbons (Fsp3) is 0.618. The minimum atomic E-state index is -5.80. The number of rotatable bonds is 12. The molecule has 0 spiro atoms. The molecule has 0 aromatic heterocycles. The van der Waals surface area contributed by atoms with Crippen LogP contribution in [0.2, 0.25) is 0 Å². The maximum Gasteiger partial charge on any atom is 0.534 e. The molecule has 1 unspecified atom stereocenters. The molecule has 12 nitrogen and oxygen atoms in total. The molecule has 0 N–H and O–H groups in total. The van der Waals surface area contributed by atoms with Gasteiger partial charge in [0, 0.05) is 26.7 Å². The number of hydrogen-bond donors (Lipinski definition) is 0. The van der Waals surface area contributed by atoms with Gasteiger partial charge in [0.2, 0.25) is 0 Å². The van der Waals surface area contributed by atoms with Crippen LogP contribution in [-0.2, 0) is 36.3 Å². The van der Waals surface area contributed by atoms with Gasteiger partial charge in [-0.15, -0.1) is 0 Å². The largest absolute Gasteiger partial charge is 0.534 e. The molecule has 1 amide bonds. The van der Waals surface area contributed by atoms with Crippen molar-refractivity contribution < 1.29 is 53.2 Å². The van der Waals surface area contributed by atoms with E-state index in [9.17, 15) is 34.8 Å². The summed E-state index contributed by atoms with van der Waals surface area (Å²) in [4.78, 5) is 15.2. The summed E-state index contributed by atoms with van der Waals surface area (Å²) in [5, 5.41) is 0. The summed E-state index contributed by atoms with van der Waals surface area (Å²) in [7, 11) is -5.32. The van der Waals surface area contributed by atoms with Crippen molar-refractivity contribution in [3.8, 4) is 11.5 Å². The zero-order valence-corrected chi connectivity index (χ0v) is 31.6. The van der Waals surface area contributed by atoms with Crippen molar-refractivity contribution in [3.05, 3.63) is 59.7 Å². The molecule has 0 radical (unpaired) electrons. The van der Waals surface area contributed by atoms with Crippen LogP contribution in [0.25, 0.3) is 0 Å². The topological polar surface area (TPSA) is 132 Å². The monoisotopic (exact) mass is 763 g/mol. The minimum absolute atomic E-state index is 0.0320. The second-order valence-electron chi connectivity index (χ2n) is 14.2. The second-order valence-corrected chi connectivity index (χ2v) is 17.8. The highest BCUT2D eigenvalue weighted by molar-refractivity contribution is 7.88. The van der Waals surface area contributed by atoms with Crippen molar-refractivity contribution in [2.24, 2.45) is 0 Å². The van der Waals surface area contributed by atoms with E-state index < -0.39 is 55.4 Å². The first-order chi connectivity index (χ1) is 23.6. The summed E-state index contributed by atoms with van der Waals surface area (Å²) in [6.07, 6.45) is 1.85.